The maximum absolute atomic E-state index is 10.1. The van der Waals surface area contributed by atoms with Crippen molar-refractivity contribution in [3.8, 4) is 5.75 Å². The van der Waals surface area contributed by atoms with Crippen LogP contribution in [-0.4, -0.2) is 18.2 Å². The van der Waals surface area contributed by atoms with Crippen LogP contribution in [-0.2, 0) is 0 Å². The van der Waals surface area contributed by atoms with Crippen LogP contribution >= 0.6 is 0 Å². The van der Waals surface area contributed by atoms with Gasteiger partial charge in [0, 0.05) is 36.4 Å². The van der Waals surface area contributed by atoms with Gasteiger partial charge < -0.3 is 15.7 Å². The molecule has 2 rings (SSSR count). The van der Waals surface area contributed by atoms with Gasteiger partial charge in [-0.05, 0) is 31.2 Å². The first kappa shape index (κ1) is 15.2. The third-order valence-corrected chi connectivity index (χ3v) is 5.19. The molecular weight excluding hydrogens is 248 g/mol. The number of piperidine rings is 1. The monoisotopic (exact) mass is 276 g/mol. The van der Waals surface area contributed by atoms with E-state index in [1.807, 2.05) is 19.1 Å². The number of phenolic OH excluding ortho intramolecular Hbond substituents is 1. The van der Waals surface area contributed by atoms with E-state index in [0.29, 0.717) is 11.2 Å². The molecule has 0 bridgehead atoms. The number of benzene rings is 1. The Kier molecular flexibility index (Phi) is 4.59. The van der Waals surface area contributed by atoms with Gasteiger partial charge in [0.1, 0.15) is 5.75 Å². The normalized spacial score (nSPS) is 19.9. The number of nitrogens with zero attached hydrogens (tertiary/aromatic N) is 1. The fourth-order valence-electron chi connectivity index (χ4n) is 3.31. The molecule has 1 aromatic carbocycles. The van der Waals surface area contributed by atoms with Crippen LogP contribution in [0.1, 0.15) is 58.1 Å². The predicted octanol–water partition coefficient (Wildman–Crippen LogP) is 3.82. The molecule has 1 atom stereocenters. The Labute approximate surface area is 122 Å². The molecule has 3 nitrogen and oxygen atoms in total. The van der Waals surface area contributed by atoms with E-state index in [4.69, 9.17) is 5.73 Å². The van der Waals surface area contributed by atoms with E-state index in [2.05, 4.69) is 24.8 Å². The lowest BCUT2D eigenvalue weighted by molar-refractivity contribution is 0.199. The standard InChI is InChI=1S/C17H28N2O/c1-4-17(5-2)8-10-19(11-9-17)14-6-7-15(13(3)18)16(20)12-14/h6-7,12-13,20H,4-5,8-11,18H2,1-3H3. The smallest absolute Gasteiger partial charge is 0.122 e. The summed E-state index contributed by atoms with van der Waals surface area (Å²) in [7, 11) is 0. The predicted molar refractivity (Wildman–Crippen MR) is 85.2 cm³/mol. The Morgan fingerprint density at radius 3 is 2.30 bits per heavy atom. The quantitative estimate of drug-likeness (QED) is 0.879. The number of phenols is 1. The largest absolute Gasteiger partial charge is 0.508 e. The van der Waals surface area contributed by atoms with E-state index in [1.54, 1.807) is 0 Å². The van der Waals surface area contributed by atoms with Crippen LogP contribution in [0.25, 0.3) is 0 Å². The number of nitrogens with two attached hydrogens (primary N) is 1. The summed E-state index contributed by atoms with van der Waals surface area (Å²) in [6.45, 7) is 8.68. The van der Waals surface area contributed by atoms with Crippen molar-refractivity contribution >= 4 is 5.69 Å². The highest BCUT2D eigenvalue weighted by atomic mass is 16.3. The summed E-state index contributed by atoms with van der Waals surface area (Å²) < 4.78 is 0. The number of anilines is 1. The van der Waals surface area contributed by atoms with Gasteiger partial charge in [-0.3, -0.25) is 0 Å². The van der Waals surface area contributed by atoms with Gasteiger partial charge in [0.05, 0.1) is 0 Å². The zero-order valence-corrected chi connectivity index (χ0v) is 13.0. The van der Waals surface area contributed by atoms with Gasteiger partial charge in [-0.1, -0.05) is 32.8 Å². The van der Waals surface area contributed by atoms with Gasteiger partial charge in [0.2, 0.25) is 0 Å². The second kappa shape index (κ2) is 6.04. The highest BCUT2D eigenvalue weighted by Crippen LogP contribution is 2.39. The van der Waals surface area contributed by atoms with Crippen molar-refractivity contribution in [3.05, 3.63) is 23.8 Å². The number of rotatable bonds is 4. The summed E-state index contributed by atoms with van der Waals surface area (Å²) in [6, 6.07) is 5.78. The van der Waals surface area contributed by atoms with E-state index in [9.17, 15) is 5.11 Å². The van der Waals surface area contributed by atoms with Crippen molar-refractivity contribution in [2.75, 3.05) is 18.0 Å². The van der Waals surface area contributed by atoms with Gasteiger partial charge in [0.25, 0.3) is 0 Å². The van der Waals surface area contributed by atoms with Gasteiger partial charge in [-0.15, -0.1) is 0 Å². The Morgan fingerprint density at radius 2 is 1.85 bits per heavy atom. The molecule has 0 aromatic heterocycles. The third kappa shape index (κ3) is 2.93. The van der Waals surface area contributed by atoms with E-state index >= 15 is 0 Å². The summed E-state index contributed by atoms with van der Waals surface area (Å²) in [4.78, 5) is 2.38. The van der Waals surface area contributed by atoms with Crippen LogP contribution in [0.15, 0.2) is 18.2 Å². The minimum Gasteiger partial charge on any atom is -0.508 e. The molecule has 3 heteroatoms. The fraction of sp³-hybridized carbons (Fsp3) is 0.647. The average Bonchev–Trinajstić information content (AvgIpc) is 2.47. The first-order valence-corrected chi connectivity index (χ1v) is 7.85. The summed E-state index contributed by atoms with van der Waals surface area (Å²) in [6.07, 6.45) is 5.03. The van der Waals surface area contributed by atoms with Crippen molar-refractivity contribution < 1.29 is 5.11 Å². The molecule has 0 saturated carbocycles. The van der Waals surface area contributed by atoms with Gasteiger partial charge in [-0.25, -0.2) is 0 Å². The van der Waals surface area contributed by atoms with Crippen molar-refractivity contribution in [2.24, 2.45) is 11.1 Å². The summed E-state index contributed by atoms with van der Waals surface area (Å²) in [5.41, 5.74) is 8.31. The third-order valence-electron chi connectivity index (χ3n) is 5.19. The van der Waals surface area contributed by atoms with Crippen LogP contribution in [0.4, 0.5) is 5.69 Å². The van der Waals surface area contributed by atoms with Gasteiger partial charge in [-0.2, -0.15) is 0 Å². The van der Waals surface area contributed by atoms with Gasteiger partial charge >= 0.3 is 0 Å². The minimum atomic E-state index is -0.127. The van der Waals surface area contributed by atoms with Crippen LogP contribution in [0.3, 0.4) is 0 Å². The average molecular weight is 276 g/mol. The minimum absolute atomic E-state index is 0.127. The maximum atomic E-state index is 10.1. The zero-order valence-electron chi connectivity index (χ0n) is 13.0. The molecule has 0 aliphatic carbocycles. The van der Waals surface area contributed by atoms with Crippen molar-refractivity contribution in [1.82, 2.24) is 0 Å². The Balaban J connectivity index is 2.09. The lowest BCUT2D eigenvalue weighted by Crippen LogP contribution is -2.39. The highest BCUT2D eigenvalue weighted by Gasteiger charge is 2.31. The molecule has 1 aliphatic heterocycles. The second-order valence-corrected chi connectivity index (χ2v) is 6.23. The van der Waals surface area contributed by atoms with E-state index in [0.717, 1.165) is 24.3 Å². The molecule has 1 aromatic rings. The first-order chi connectivity index (χ1) is 9.51. The lowest BCUT2D eigenvalue weighted by Gasteiger charge is -2.42. The van der Waals surface area contributed by atoms with Crippen LogP contribution in [0.2, 0.25) is 0 Å². The molecule has 1 heterocycles. The van der Waals surface area contributed by atoms with Crippen LogP contribution in [0, 0.1) is 5.41 Å². The number of hydrogen-bond acceptors (Lipinski definition) is 3. The molecule has 1 aliphatic rings. The van der Waals surface area contributed by atoms with E-state index < -0.39 is 0 Å². The van der Waals surface area contributed by atoms with E-state index in [-0.39, 0.29) is 6.04 Å². The number of aromatic hydroxyl groups is 1. The van der Waals surface area contributed by atoms with Crippen molar-refractivity contribution in [1.29, 1.82) is 0 Å². The molecule has 1 unspecified atom stereocenters. The summed E-state index contributed by atoms with van der Waals surface area (Å²) >= 11 is 0. The Hall–Kier alpha value is -1.22. The summed E-state index contributed by atoms with van der Waals surface area (Å²) in [5.74, 6) is 0.320. The first-order valence-electron chi connectivity index (χ1n) is 7.85. The lowest BCUT2D eigenvalue weighted by atomic mass is 9.74. The van der Waals surface area contributed by atoms with E-state index in [1.165, 1.54) is 25.7 Å². The second-order valence-electron chi connectivity index (χ2n) is 6.23. The van der Waals surface area contributed by atoms with Gasteiger partial charge in [0.15, 0.2) is 0 Å². The molecular formula is C17H28N2O. The fourth-order valence-corrected chi connectivity index (χ4v) is 3.31. The molecule has 3 N–H and O–H groups in total. The zero-order chi connectivity index (χ0) is 14.8. The molecule has 0 spiro atoms. The van der Waals surface area contributed by atoms with Crippen LogP contribution < -0.4 is 10.6 Å². The SMILES string of the molecule is CCC1(CC)CCN(c2ccc(C(C)N)c(O)c2)CC1. The Morgan fingerprint density at radius 1 is 1.25 bits per heavy atom. The highest BCUT2D eigenvalue weighted by molar-refractivity contribution is 5.54. The Bertz CT molecular complexity index is 442. The van der Waals surface area contributed by atoms with Crippen LogP contribution in [0.5, 0.6) is 5.75 Å². The number of hydrogen-bond donors (Lipinski definition) is 2. The maximum Gasteiger partial charge on any atom is 0.122 e. The van der Waals surface area contributed by atoms with Crippen molar-refractivity contribution in [2.45, 2.75) is 52.5 Å². The molecule has 0 radical (unpaired) electrons. The molecule has 1 fully saturated rings. The summed E-state index contributed by atoms with van der Waals surface area (Å²) in [5, 5.41) is 10.1. The molecule has 20 heavy (non-hydrogen) atoms. The topological polar surface area (TPSA) is 49.5 Å². The molecule has 1 saturated heterocycles. The molecule has 112 valence electrons. The molecule has 0 amide bonds. The van der Waals surface area contributed by atoms with Crippen molar-refractivity contribution in [3.63, 3.8) is 0 Å².